The number of carbonyl (C=O) groups excluding carboxylic acids is 1. The molecule has 2 atom stereocenters. The smallest absolute Gasteiger partial charge is 0.234 e. The standard InChI is InChI=1S/C16H24N2O2/c19-12-14-8-4-5-9-15(14)17-11-16(20)18-10-13-6-2-1-3-7-13/h1-3,6-7,14-15,17,19H,4-5,8-12H2,(H,18,20). The number of nitrogens with one attached hydrogen (secondary N) is 2. The second-order valence-corrected chi connectivity index (χ2v) is 5.48. The zero-order valence-corrected chi connectivity index (χ0v) is 11.8. The van der Waals surface area contributed by atoms with E-state index < -0.39 is 0 Å². The molecular formula is C16H24N2O2. The summed E-state index contributed by atoms with van der Waals surface area (Å²) in [4.78, 5) is 11.8. The summed E-state index contributed by atoms with van der Waals surface area (Å²) in [6.45, 7) is 1.10. The van der Waals surface area contributed by atoms with Gasteiger partial charge in [0.1, 0.15) is 0 Å². The second kappa shape index (κ2) is 8.02. The van der Waals surface area contributed by atoms with Crippen LogP contribution in [0, 0.1) is 5.92 Å². The zero-order chi connectivity index (χ0) is 14.2. The molecule has 4 nitrogen and oxygen atoms in total. The molecule has 4 heteroatoms. The summed E-state index contributed by atoms with van der Waals surface area (Å²) >= 11 is 0. The van der Waals surface area contributed by atoms with Crippen LogP contribution < -0.4 is 10.6 Å². The van der Waals surface area contributed by atoms with Gasteiger partial charge in [-0.1, -0.05) is 43.2 Å². The number of aliphatic hydroxyl groups excluding tert-OH is 1. The maximum absolute atomic E-state index is 11.8. The zero-order valence-electron chi connectivity index (χ0n) is 11.8. The van der Waals surface area contributed by atoms with E-state index in [4.69, 9.17) is 0 Å². The molecular weight excluding hydrogens is 252 g/mol. The van der Waals surface area contributed by atoms with Gasteiger partial charge in [0, 0.05) is 19.2 Å². The lowest BCUT2D eigenvalue weighted by Crippen LogP contribution is -2.44. The highest BCUT2D eigenvalue weighted by Gasteiger charge is 2.24. The van der Waals surface area contributed by atoms with E-state index in [9.17, 15) is 9.90 Å². The molecule has 110 valence electrons. The van der Waals surface area contributed by atoms with Gasteiger partial charge >= 0.3 is 0 Å². The van der Waals surface area contributed by atoms with Gasteiger partial charge in [0.15, 0.2) is 0 Å². The van der Waals surface area contributed by atoms with E-state index in [2.05, 4.69) is 10.6 Å². The molecule has 1 aliphatic carbocycles. The van der Waals surface area contributed by atoms with Crippen molar-refractivity contribution < 1.29 is 9.90 Å². The Morgan fingerprint density at radius 2 is 1.95 bits per heavy atom. The van der Waals surface area contributed by atoms with E-state index in [0.717, 1.165) is 18.4 Å². The highest BCUT2D eigenvalue weighted by molar-refractivity contribution is 5.78. The lowest BCUT2D eigenvalue weighted by atomic mass is 9.85. The summed E-state index contributed by atoms with van der Waals surface area (Å²) in [7, 11) is 0. The molecule has 0 radical (unpaired) electrons. The first-order valence-electron chi connectivity index (χ1n) is 7.44. The van der Waals surface area contributed by atoms with Crippen molar-refractivity contribution in [3.05, 3.63) is 35.9 Å². The molecule has 0 aliphatic heterocycles. The summed E-state index contributed by atoms with van der Waals surface area (Å²) in [5.41, 5.74) is 1.10. The number of aliphatic hydroxyl groups is 1. The molecule has 1 aliphatic rings. The largest absolute Gasteiger partial charge is 0.396 e. The molecule has 0 heterocycles. The Kier molecular flexibility index (Phi) is 6.02. The van der Waals surface area contributed by atoms with E-state index in [1.54, 1.807) is 0 Å². The van der Waals surface area contributed by atoms with Crippen LogP contribution in [-0.2, 0) is 11.3 Å². The van der Waals surface area contributed by atoms with Gasteiger partial charge in [-0.2, -0.15) is 0 Å². The molecule has 3 N–H and O–H groups in total. The van der Waals surface area contributed by atoms with E-state index in [1.165, 1.54) is 12.8 Å². The summed E-state index contributed by atoms with van der Waals surface area (Å²) < 4.78 is 0. The van der Waals surface area contributed by atoms with E-state index in [1.807, 2.05) is 30.3 Å². The van der Waals surface area contributed by atoms with E-state index >= 15 is 0 Å². The van der Waals surface area contributed by atoms with Gasteiger partial charge in [-0.05, 0) is 24.3 Å². The average molecular weight is 276 g/mol. The molecule has 1 aromatic carbocycles. The quantitative estimate of drug-likeness (QED) is 0.737. The highest BCUT2D eigenvalue weighted by Crippen LogP contribution is 2.23. The highest BCUT2D eigenvalue weighted by atomic mass is 16.3. The SMILES string of the molecule is O=C(CNC1CCCCC1CO)NCc1ccccc1. The maximum atomic E-state index is 11.8. The summed E-state index contributed by atoms with van der Waals surface area (Å²) in [6.07, 6.45) is 4.47. The molecule has 0 bridgehead atoms. The van der Waals surface area contributed by atoms with Crippen molar-refractivity contribution in [2.45, 2.75) is 38.3 Å². The third-order valence-electron chi connectivity index (χ3n) is 4.00. The number of benzene rings is 1. The minimum absolute atomic E-state index is 0.0103. The first-order valence-corrected chi connectivity index (χ1v) is 7.44. The number of amides is 1. The molecule has 20 heavy (non-hydrogen) atoms. The van der Waals surface area contributed by atoms with E-state index in [-0.39, 0.29) is 18.6 Å². The fourth-order valence-electron chi connectivity index (χ4n) is 2.78. The fraction of sp³-hybridized carbons (Fsp3) is 0.562. The fourth-order valence-corrected chi connectivity index (χ4v) is 2.78. The van der Waals surface area contributed by atoms with Crippen molar-refractivity contribution in [1.82, 2.24) is 10.6 Å². The second-order valence-electron chi connectivity index (χ2n) is 5.48. The van der Waals surface area contributed by atoms with Crippen LogP contribution in [0.25, 0.3) is 0 Å². The van der Waals surface area contributed by atoms with Crippen LogP contribution in [0.1, 0.15) is 31.2 Å². The minimum Gasteiger partial charge on any atom is -0.396 e. The third-order valence-corrected chi connectivity index (χ3v) is 4.00. The van der Waals surface area contributed by atoms with Crippen molar-refractivity contribution in [2.24, 2.45) is 5.92 Å². The van der Waals surface area contributed by atoms with Gasteiger partial charge in [-0.15, -0.1) is 0 Å². The lowest BCUT2D eigenvalue weighted by molar-refractivity contribution is -0.120. The number of rotatable bonds is 6. The molecule has 1 aromatic rings. The van der Waals surface area contributed by atoms with Crippen LogP contribution in [0.2, 0.25) is 0 Å². The van der Waals surface area contributed by atoms with Crippen molar-refractivity contribution >= 4 is 5.91 Å². The Bertz CT molecular complexity index is 408. The van der Waals surface area contributed by atoms with Crippen molar-refractivity contribution in [3.8, 4) is 0 Å². The molecule has 2 unspecified atom stereocenters. The Labute approximate surface area is 120 Å². The van der Waals surface area contributed by atoms with Crippen LogP contribution in [0.5, 0.6) is 0 Å². The monoisotopic (exact) mass is 276 g/mol. The van der Waals surface area contributed by atoms with Gasteiger partial charge in [-0.3, -0.25) is 4.79 Å². The Hall–Kier alpha value is -1.39. The Morgan fingerprint density at radius 1 is 1.20 bits per heavy atom. The van der Waals surface area contributed by atoms with Crippen molar-refractivity contribution in [1.29, 1.82) is 0 Å². The molecule has 0 spiro atoms. The van der Waals surface area contributed by atoms with E-state index in [0.29, 0.717) is 19.0 Å². The van der Waals surface area contributed by atoms with Crippen LogP contribution in [0.3, 0.4) is 0 Å². The molecule has 1 saturated carbocycles. The molecule has 2 rings (SSSR count). The first-order chi connectivity index (χ1) is 9.79. The molecule has 0 saturated heterocycles. The van der Waals surface area contributed by atoms with Crippen LogP contribution in [0.4, 0.5) is 0 Å². The predicted molar refractivity (Wildman–Crippen MR) is 79.1 cm³/mol. The van der Waals surface area contributed by atoms with Gasteiger partial charge < -0.3 is 15.7 Å². The Balaban J connectivity index is 1.69. The van der Waals surface area contributed by atoms with Gasteiger partial charge in [0.2, 0.25) is 5.91 Å². The lowest BCUT2D eigenvalue weighted by Gasteiger charge is -2.30. The third kappa shape index (κ3) is 4.62. The van der Waals surface area contributed by atoms with Gasteiger partial charge in [0.05, 0.1) is 6.54 Å². The Morgan fingerprint density at radius 3 is 2.70 bits per heavy atom. The van der Waals surface area contributed by atoms with Crippen LogP contribution >= 0.6 is 0 Å². The minimum atomic E-state index is 0.0103. The van der Waals surface area contributed by atoms with Crippen molar-refractivity contribution in [2.75, 3.05) is 13.2 Å². The van der Waals surface area contributed by atoms with Crippen molar-refractivity contribution in [3.63, 3.8) is 0 Å². The topological polar surface area (TPSA) is 61.4 Å². The maximum Gasteiger partial charge on any atom is 0.234 e. The van der Waals surface area contributed by atoms with Crippen LogP contribution in [0.15, 0.2) is 30.3 Å². The molecule has 0 aromatic heterocycles. The normalized spacial score (nSPS) is 22.4. The summed E-state index contributed by atoms with van der Waals surface area (Å²) in [6, 6.07) is 10.2. The summed E-state index contributed by atoms with van der Waals surface area (Å²) in [5, 5.41) is 15.5. The average Bonchev–Trinajstić information content (AvgIpc) is 2.52. The predicted octanol–water partition coefficient (Wildman–Crippen LogP) is 1.44. The number of hydrogen-bond donors (Lipinski definition) is 3. The number of carbonyl (C=O) groups is 1. The number of hydrogen-bond acceptors (Lipinski definition) is 3. The summed E-state index contributed by atoms with van der Waals surface area (Å²) in [5.74, 6) is 0.307. The first kappa shape index (κ1) is 15.0. The molecule has 1 amide bonds. The van der Waals surface area contributed by atoms with Crippen LogP contribution in [-0.4, -0.2) is 30.2 Å². The molecule has 1 fully saturated rings. The van der Waals surface area contributed by atoms with Gasteiger partial charge in [0.25, 0.3) is 0 Å². The van der Waals surface area contributed by atoms with Gasteiger partial charge in [-0.25, -0.2) is 0 Å².